The third kappa shape index (κ3) is 66.4. The first-order valence-corrected chi connectivity index (χ1v) is 7.42. The predicted molar refractivity (Wildman–Crippen MR) is 90.0 cm³/mol. The van der Waals surface area contributed by atoms with Crippen molar-refractivity contribution in [1.82, 2.24) is 0 Å². The monoisotopic (exact) mass is 417 g/mol. The van der Waals surface area contributed by atoms with Crippen molar-refractivity contribution in [2.24, 2.45) is 0 Å². The number of quaternary nitrogens is 3. The highest BCUT2D eigenvalue weighted by Gasteiger charge is 2.03. The molecular formula is C15H42Cl3N3O3. The Kier molecular flexibility index (Phi) is 32.9. The summed E-state index contributed by atoms with van der Waals surface area (Å²) in [6, 6.07) is 0. The zero-order valence-electron chi connectivity index (χ0n) is 17.1. The van der Waals surface area contributed by atoms with Crippen molar-refractivity contribution in [2.75, 3.05) is 103 Å². The minimum Gasteiger partial charge on any atom is -1.00 e. The molecule has 6 nitrogen and oxygen atoms in total. The van der Waals surface area contributed by atoms with Crippen LogP contribution in [-0.4, -0.2) is 132 Å². The molecule has 0 aromatic heterocycles. The van der Waals surface area contributed by atoms with Crippen LogP contribution in [0.4, 0.5) is 0 Å². The molecule has 0 unspecified atom stereocenters. The zero-order valence-corrected chi connectivity index (χ0v) is 19.3. The second kappa shape index (κ2) is 19.9. The summed E-state index contributed by atoms with van der Waals surface area (Å²) in [4.78, 5) is 0. The van der Waals surface area contributed by atoms with Gasteiger partial charge in [-0.3, -0.25) is 0 Å². The molecule has 0 spiro atoms. The third-order valence-corrected chi connectivity index (χ3v) is 2.31. The number of halogens is 3. The van der Waals surface area contributed by atoms with E-state index in [0.29, 0.717) is 0 Å². The Morgan fingerprint density at radius 2 is 0.542 bits per heavy atom. The van der Waals surface area contributed by atoms with E-state index in [1.807, 2.05) is 0 Å². The fraction of sp³-hybridized carbons (Fsp3) is 1.00. The van der Waals surface area contributed by atoms with E-state index < -0.39 is 0 Å². The maximum absolute atomic E-state index is 8.39. The molecule has 0 amide bonds. The molecule has 0 aliphatic carbocycles. The molecule has 0 saturated heterocycles. The van der Waals surface area contributed by atoms with E-state index in [9.17, 15) is 0 Å². The fourth-order valence-corrected chi connectivity index (χ4v) is 0.900. The smallest absolute Gasteiger partial charge is 0.101 e. The van der Waals surface area contributed by atoms with Gasteiger partial charge in [-0.05, 0) is 0 Å². The van der Waals surface area contributed by atoms with Gasteiger partial charge in [0.1, 0.15) is 19.6 Å². The quantitative estimate of drug-likeness (QED) is 0.376. The highest BCUT2D eigenvalue weighted by molar-refractivity contribution is 4.20. The maximum Gasteiger partial charge on any atom is 0.101 e. The van der Waals surface area contributed by atoms with Crippen LogP contribution in [0.2, 0.25) is 0 Å². The van der Waals surface area contributed by atoms with E-state index in [0.717, 1.165) is 33.1 Å². The lowest BCUT2D eigenvalue weighted by Gasteiger charge is -2.21. The molecule has 0 aromatic carbocycles. The van der Waals surface area contributed by atoms with Crippen molar-refractivity contribution in [1.29, 1.82) is 0 Å². The Morgan fingerprint density at radius 3 is 0.542 bits per heavy atom. The number of hydrogen-bond donors (Lipinski definition) is 3. The van der Waals surface area contributed by atoms with Gasteiger partial charge < -0.3 is 66.0 Å². The molecule has 24 heavy (non-hydrogen) atoms. The van der Waals surface area contributed by atoms with Gasteiger partial charge in [0.25, 0.3) is 0 Å². The molecular weight excluding hydrogens is 377 g/mol. The van der Waals surface area contributed by atoms with Crippen molar-refractivity contribution >= 4 is 0 Å². The summed E-state index contributed by atoms with van der Waals surface area (Å²) in [6.07, 6.45) is 0. The summed E-state index contributed by atoms with van der Waals surface area (Å²) in [5.41, 5.74) is 0. The largest absolute Gasteiger partial charge is 1.00 e. The van der Waals surface area contributed by atoms with Crippen molar-refractivity contribution in [3.63, 3.8) is 0 Å². The fourth-order valence-electron chi connectivity index (χ4n) is 0.900. The number of likely N-dealkylation sites (N-methyl/N-ethyl adjacent to an activating group) is 3. The summed E-state index contributed by atoms with van der Waals surface area (Å²) in [7, 11) is 18.5. The maximum atomic E-state index is 8.39. The SMILES string of the molecule is C[N+](C)(C)CCO.C[N+](C)(C)CCO.C[N+](C)(C)CCO.[Cl-].[Cl-].[Cl-]. The average molecular weight is 419 g/mol. The highest BCUT2D eigenvalue weighted by atomic mass is 35.5. The molecule has 9 heteroatoms. The standard InChI is InChI=1S/3C5H14NO.3ClH/c3*1-6(2,3)4-5-7;;;/h3*7H,4-5H2,1-3H3;3*1H/q3*+1;;;/p-3. The number of aliphatic hydroxyl groups excluding tert-OH is 3. The second-order valence-electron chi connectivity index (χ2n) is 8.21. The number of aliphatic hydroxyl groups is 3. The number of rotatable bonds is 6. The first kappa shape index (κ1) is 39.6. The molecule has 156 valence electrons. The van der Waals surface area contributed by atoms with Gasteiger partial charge in [0.05, 0.1) is 83.2 Å². The topological polar surface area (TPSA) is 60.7 Å². The van der Waals surface area contributed by atoms with E-state index in [2.05, 4.69) is 63.4 Å². The normalized spacial score (nSPS) is 10.5. The Hall–Kier alpha value is 0.630. The van der Waals surface area contributed by atoms with Crippen LogP contribution in [0.15, 0.2) is 0 Å². The van der Waals surface area contributed by atoms with Gasteiger partial charge in [0.2, 0.25) is 0 Å². The van der Waals surface area contributed by atoms with Gasteiger partial charge in [-0.15, -0.1) is 0 Å². The minimum absolute atomic E-state index is 0. The molecule has 3 N–H and O–H groups in total. The van der Waals surface area contributed by atoms with Crippen LogP contribution in [0.1, 0.15) is 0 Å². The van der Waals surface area contributed by atoms with E-state index in [1.54, 1.807) is 0 Å². The second-order valence-corrected chi connectivity index (χ2v) is 8.21. The highest BCUT2D eigenvalue weighted by Crippen LogP contribution is 1.85. The lowest BCUT2D eigenvalue weighted by Crippen LogP contribution is -3.00. The molecule has 0 aliphatic rings. The molecule has 0 heterocycles. The third-order valence-electron chi connectivity index (χ3n) is 2.31. The van der Waals surface area contributed by atoms with Crippen LogP contribution < -0.4 is 37.2 Å². The van der Waals surface area contributed by atoms with Gasteiger partial charge in [0.15, 0.2) is 0 Å². The van der Waals surface area contributed by atoms with E-state index in [-0.39, 0.29) is 57.0 Å². The molecule has 0 rings (SSSR count). The summed E-state index contributed by atoms with van der Waals surface area (Å²) in [6.45, 7) is 3.34. The van der Waals surface area contributed by atoms with Gasteiger partial charge in [-0.1, -0.05) is 0 Å². The van der Waals surface area contributed by atoms with Crippen molar-refractivity contribution in [3.8, 4) is 0 Å². The molecule has 0 saturated carbocycles. The average Bonchev–Trinajstić information content (AvgIpc) is 2.12. The Balaban J connectivity index is -0.0000000476. The van der Waals surface area contributed by atoms with Crippen LogP contribution in [0.25, 0.3) is 0 Å². The Morgan fingerprint density at radius 1 is 0.417 bits per heavy atom. The molecule has 0 fully saturated rings. The molecule has 0 atom stereocenters. The van der Waals surface area contributed by atoms with Crippen molar-refractivity contribution < 1.29 is 66.0 Å². The summed E-state index contributed by atoms with van der Waals surface area (Å²) in [5.74, 6) is 0. The molecule has 0 radical (unpaired) electrons. The summed E-state index contributed by atoms with van der Waals surface area (Å²) >= 11 is 0. The Labute approximate surface area is 169 Å². The van der Waals surface area contributed by atoms with Gasteiger partial charge in [-0.25, -0.2) is 0 Å². The van der Waals surface area contributed by atoms with E-state index >= 15 is 0 Å². The summed E-state index contributed by atoms with van der Waals surface area (Å²) in [5, 5.41) is 25.2. The first-order chi connectivity index (χ1) is 9.18. The van der Waals surface area contributed by atoms with Crippen LogP contribution in [0.5, 0.6) is 0 Å². The van der Waals surface area contributed by atoms with Crippen molar-refractivity contribution in [3.05, 3.63) is 0 Å². The van der Waals surface area contributed by atoms with Gasteiger partial charge in [-0.2, -0.15) is 0 Å². The molecule has 0 bridgehead atoms. The Bertz CT molecular complexity index is 191. The number of nitrogens with zero attached hydrogens (tertiary/aromatic N) is 3. The van der Waals surface area contributed by atoms with Crippen LogP contribution >= 0.6 is 0 Å². The lowest BCUT2D eigenvalue weighted by atomic mass is 10.5. The van der Waals surface area contributed by atoms with Crippen LogP contribution in [-0.2, 0) is 0 Å². The number of hydrogen-bond acceptors (Lipinski definition) is 3. The van der Waals surface area contributed by atoms with E-state index in [1.165, 1.54) is 0 Å². The van der Waals surface area contributed by atoms with Crippen molar-refractivity contribution in [2.45, 2.75) is 0 Å². The van der Waals surface area contributed by atoms with Gasteiger partial charge in [0, 0.05) is 0 Å². The van der Waals surface area contributed by atoms with Crippen LogP contribution in [0, 0.1) is 0 Å². The molecule has 0 aliphatic heterocycles. The van der Waals surface area contributed by atoms with Crippen LogP contribution in [0.3, 0.4) is 0 Å². The lowest BCUT2D eigenvalue weighted by molar-refractivity contribution is -0.870. The van der Waals surface area contributed by atoms with E-state index in [4.69, 9.17) is 15.3 Å². The minimum atomic E-state index is 0. The van der Waals surface area contributed by atoms with Gasteiger partial charge >= 0.3 is 0 Å². The first-order valence-electron chi connectivity index (χ1n) is 7.42. The molecule has 0 aromatic rings. The predicted octanol–water partition coefficient (Wildman–Crippen LogP) is -9.93. The summed E-state index contributed by atoms with van der Waals surface area (Å²) < 4.78 is 2.53. The zero-order chi connectivity index (χ0) is 17.7.